The number of hydrogen-bond acceptors (Lipinski definition) is 2. The van der Waals surface area contributed by atoms with Crippen LogP contribution in [0, 0.1) is 6.92 Å². The fourth-order valence-electron chi connectivity index (χ4n) is 3.14. The summed E-state index contributed by atoms with van der Waals surface area (Å²) in [5.41, 5.74) is 3.84. The Morgan fingerprint density at radius 3 is 2.48 bits per heavy atom. The van der Waals surface area contributed by atoms with Crippen LogP contribution >= 0.6 is 15.9 Å². The fraction of sp³-hybridized carbons (Fsp3) is 0.333. The Hall–Kier alpha value is -2.34. The highest BCUT2D eigenvalue weighted by Gasteiger charge is 2.30. The second-order valence-electron chi connectivity index (χ2n) is 7.11. The maximum Gasteiger partial charge on any atom is 0.325 e. The standard InChI is InChI=1S/C21H24BrN3O2/c1-14(2)16-4-7-18(8-5-16)25-11-10-24(21(25)27)13-20(26)23-19-9-6-17(22)12-15(19)3/h4-9,12,14H,10-11,13H2,1-3H3,(H,23,26). The van der Waals surface area contributed by atoms with Crippen LogP contribution in [0.5, 0.6) is 0 Å². The zero-order chi connectivity index (χ0) is 19.6. The smallest absolute Gasteiger partial charge is 0.324 e. The van der Waals surface area contributed by atoms with E-state index in [-0.39, 0.29) is 18.5 Å². The second-order valence-corrected chi connectivity index (χ2v) is 8.03. The third kappa shape index (κ3) is 4.50. The lowest BCUT2D eigenvalue weighted by molar-refractivity contribution is -0.116. The van der Waals surface area contributed by atoms with E-state index in [0.29, 0.717) is 19.0 Å². The summed E-state index contributed by atoms with van der Waals surface area (Å²) in [5, 5.41) is 2.89. The minimum atomic E-state index is -0.189. The van der Waals surface area contributed by atoms with E-state index in [0.717, 1.165) is 21.4 Å². The zero-order valence-corrected chi connectivity index (χ0v) is 17.4. The van der Waals surface area contributed by atoms with E-state index < -0.39 is 0 Å². The molecule has 0 bridgehead atoms. The molecule has 1 aliphatic rings. The lowest BCUT2D eigenvalue weighted by Gasteiger charge is -2.19. The van der Waals surface area contributed by atoms with Gasteiger partial charge in [0.25, 0.3) is 0 Å². The molecule has 142 valence electrons. The van der Waals surface area contributed by atoms with Gasteiger partial charge in [0, 0.05) is 28.9 Å². The molecule has 0 spiro atoms. The number of benzene rings is 2. The van der Waals surface area contributed by atoms with Crippen LogP contribution in [-0.2, 0) is 4.79 Å². The van der Waals surface area contributed by atoms with Crippen molar-refractivity contribution >= 4 is 39.2 Å². The number of carbonyl (C=O) groups excluding carboxylic acids is 2. The molecule has 6 heteroatoms. The summed E-state index contributed by atoms with van der Waals surface area (Å²) in [6.45, 7) is 7.40. The number of carbonyl (C=O) groups is 2. The van der Waals surface area contributed by atoms with Crippen molar-refractivity contribution in [2.45, 2.75) is 26.7 Å². The van der Waals surface area contributed by atoms with E-state index in [1.807, 2.05) is 37.3 Å². The van der Waals surface area contributed by atoms with Crippen molar-refractivity contribution in [3.63, 3.8) is 0 Å². The predicted molar refractivity (Wildman–Crippen MR) is 112 cm³/mol. The van der Waals surface area contributed by atoms with Crippen molar-refractivity contribution < 1.29 is 9.59 Å². The molecule has 27 heavy (non-hydrogen) atoms. The topological polar surface area (TPSA) is 52.7 Å². The number of aryl methyl sites for hydroxylation is 1. The number of anilines is 2. The van der Waals surface area contributed by atoms with Crippen LogP contribution in [0.25, 0.3) is 0 Å². The molecule has 1 saturated heterocycles. The molecule has 1 heterocycles. The van der Waals surface area contributed by atoms with Crippen LogP contribution in [0.3, 0.4) is 0 Å². The Balaban J connectivity index is 1.62. The second kappa shape index (κ2) is 8.13. The number of amides is 3. The van der Waals surface area contributed by atoms with Gasteiger partial charge in [0.2, 0.25) is 5.91 Å². The molecule has 5 nitrogen and oxygen atoms in total. The Bertz CT molecular complexity index is 849. The molecule has 3 amide bonds. The molecule has 2 aromatic carbocycles. The molecule has 0 aromatic heterocycles. The number of rotatable bonds is 5. The molecule has 0 aliphatic carbocycles. The lowest BCUT2D eigenvalue weighted by atomic mass is 10.0. The molecule has 0 atom stereocenters. The van der Waals surface area contributed by atoms with E-state index in [9.17, 15) is 9.59 Å². The van der Waals surface area contributed by atoms with Gasteiger partial charge in [-0.1, -0.05) is 41.9 Å². The molecule has 0 unspecified atom stereocenters. The van der Waals surface area contributed by atoms with Crippen LogP contribution in [0.2, 0.25) is 0 Å². The Morgan fingerprint density at radius 2 is 1.85 bits per heavy atom. The van der Waals surface area contributed by atoms with Gasteiger partial charge in [0.1, 0.15) is 6.54 Å². The highest BCUT2D eigenvalue weighted by Crippen LogP contribution is 2.24. The average Bonchev–Trinajstić information content (AvgIpc) is 2.98. The average molecular weight is 430 g/mol. The van der Waals surface area contributed by atoms with Crippen LogP contribution in [0.15, 0.2) is 46.9 Å². The molecule has 2 aromatic rings. The first kappa shape index (κ1) is 19.4. The van der Waals surface area contributed by atoms with E-state index in [1.165, 1.54) is 5.56 Å². The minimum absolute atomic E-state index is 0.0505. The van der Waals surface area contributed by atoms with Gasteiger partial charge in [0.15, 0.2) is 0 Å². The third-order valence-corrected chi connectivity index (χ3v) is 5.26. The Kier molecular flexibility index (Phi) is 5.85. The van der Waals surface area contributed by atoms with Gasteiger partial charge in [-0.25, -0.2) is 4.79 Å². The monoisotopic (exact) mass is 429 g/mol. The number of urea groups is 1. The third-order valence-electron chi connectivity index (χ3n) is 4.76. The van der Waals surface area contributed by atoms with Gasteiger partial charge in [-0.05, 0) is 54.3 Å². The number of hydrogen-bond donors (Lipinski definition) is 1. The van der Waals surface area contributed by atoms with Crippen LogP contribution < -0.4 is 10.2 Å². The minimum Gasteiger partial charge on any atom is -0.324 e. The summed E-state index contributed by atoms with van der Waals surface area (Å²) in [6, 6.07) is 13.6. The van der Waals surface area contributed by atoms with Gasteiger partial charge < -0.3 is 10.2 Å². The first-order valence-corrected chi connectivity index (χ1v) is 9.87. The van der Waals surface area contributed by atoms with E-state index in [2.05, 4.69) is 47.2 Å². The molecule has 0 radical (unpaired) electrons. The summed E-state index contributed by atoms with van der Waals surface area (Å²) in [6.07, 6.45) is 0. The highest BCUT2D eigenvalue weighted by molar-refractivity contribution is 9.10. The predicted octanol–water partition coefficient (Wildman–Crippen LogP) is 4.76. The SMILES string of the molecule is Cc1cc(Br)ccc1NC(=O)CN1CCN(c2ccc(C(C)C)cc2)C1=O. The summed E-state index contributed by atoms with van der Waals surface area (Å²) >= 11 is 3.41. The molecule has 1 N–H and O–H groups in total. The van der Waals surface area contributed by atoms with Crippen LogP contribution in [0.4, 0.5) is 16.2 Å². The lowest BCUT2D eigenvalue weighted by Crippen LogP contribution is -2.37. The molecule has 3 rings (SSSR count). The van der Waals surface area contributed by atoms with E-state index in [4.69, 9.17) is 0 Å². The van der Waals surface area contributed by atoms with Crippen molar-refractivity contribution in [3.05, 3.63) is 58.1 Å². The molecule has 1 aliphatic heterocycles. The molecular formula is C21H24BrN3O2. The van der Waals surface area contributed by atoms with Crippen molar-refractivity contribution in [2.24, 2.45) is 0 Å². The summed E-state index contributed by atoms with van der Waals surface area (Å²) < 4.78 is 0.965. The van der Waals surface area contributed by atoms with Gasteiger partial charge in [0.05, 0.1) is 0 Å². The Labute approximate surface area is 168 Å². The normalized spacial score (nSPS) is 14.2. The van der Waals surface area contributed by atoms with E-state index >= 15 is 0 Å². The van der Waals surface area contributed by atoms with Crippen molar-refractivity contribution in [2.75, 3.05) is 29.9 Å². The van der Waals surface area contributed by atoms with E-state index in [1.54, 1.807) is 9.80 Å². The van der Waals surface area contributed by atoms with Crippen molar-refractivity contribution in [1.29, 1.82) is 0 Å². The number of nitrogens with zero attached hydrogens (tertiary/aromatic N) is 2. The van der Waals surface area contributed by atoms with Gasteiger partial charge in [-0.15, -0.1) is 0 Å². The van der Waals surface area contributed by atoms with Crippen LogP contribution in [0.1, 0.15) is 30.9 Å². The first-order chi connectivity index (χ1) is 12.8. The van der Waals surface area contributed by atoms with Crippen molar-refractivity contribution in [3.8, 4) is 0 Å². The highest BCUT2D eigenvalue weighted by atomic mass is 79.9. The maximum atomic E-state index is 12.7. The number of halogens is 1. The zero-order valence-electron chi connectivity index (χ0n) is 15.8. The first-order valence-electron chi connectivity index (χ1n) is 9.07. The van der Waals surface area contributed by atoms with Gasteiger partial charge in [-0.2, -0.15) is 0 Å². The fourth-order valence-corrected chi connectivity index (χ4v) is 3.61. The molecule has 1 fully saturated rings. The molecular weight excluding hydrogens is 406 g/mol. The maximum absolute atomic E-state index is 12.7. The summed E-state index contributed by atoms with van der Waals surface area (Å²) in [4.78, 5) is 28.4. The molecule has 0 saturated carbocycles. The summed E-state index contributed by atoms with van der Waals surface area (Å²) in [5.74, 6) is 0.265. The van der Waals surface area contributed by atoms with Crippen molar-refractivity contribution in [1.82, 2.24) is 4.90 Å². The number of nitrogens with one attached hydrogen (secondary N) is 1. The van der Waals surface area contributed by atoms with Gasteiger partial charge >= 0.3 is 6.03 Å². The quantitative estimate of drug-likeness (QED) is 0.744. The summed E-state index contributed by atoms with van der Waals surface area (Å²) in [7, 11) is 0. The largest absolute Gasteiger partial charge is 0.325 e. The Morgan fingerprint density at radius 1 is 1.15 bits per heavy atom. The van der Waals surface area contributed by atoms with Gasteiger partial charge in [-0.3, -0.25) is 9.69 Å². The van der Waals surface area contributed by atoms with Crippen LogP contribution in [-0.4, -0.2) is 36.5 Å².